The monoisotopic (exact) mass is 291 g/mol. The Morgan fingerprint density at radius 1 is 0.650 bits per heavy atom. The summed E-state index contributed by atoms with van der Waals surface area (Å²) >= 11 is 0. The van der Waals surface area contributed by atoms with E-state index in [-0.39, 0.29) is 0 Å². The number of hydrogen-bond donors (Lipinski definition) is 1. The molecule has 0 aliphatic rings. The first kappa shape index (κ1) is 19.8. The lowest BCUT2D eigenvalue weighted by molar-refractivity contribution is -0.00434. The van der Waals surface area contributed by atoms with Gasteiger partial charge in [-0.25, -0.2) is 0 Å². The van der Waals surface area contributed by atoms with Gasteiger partial charge >= 0.3 is 0 Å². The normalized spacial score (nSPS) is 11.7. The molecule has 0 bridgehead atoms. The molecule has 0 aliphatic heterocycles. The molecule has 0 amide bonds. The maximum Gasteiger partial charge on any atom is 0.0701 e. The van der Waals surface area contributed by atoms with Crippen LogP contribution in [0.3, 0.4) is 0 Å². The predicted octanol–water partition coefficient (Wildman–Crippen LogP) is 1.71. The van der Waals surface area contributed by atoms with Crippen molar-refractivity contribution in [3.63, 3.8) is 0 Å². The highest BCUT2D eigenvalue weighted by Crippen LogP contribution is 1.91. The molecule has 20 heavy (non-hydrogen) atoms. The molecule has 0 aromatic carbocycles. The molecule has 5 nitrogen and oxygen atoms in total. The van der Waals surface area contributed by atoms with Gasteiger partial charge in [0.25, 0.3) is 0 Å². The highest BCUT2D eigenvalue weighted by molar-refractivity contribution is 4.50. The van der Waals surface area contributed by atoms with Gasteiger partial charge in [0.1, 0.15) is 0 Å². The topological polar surface area (TPSA) is 49.0 Å². The summed E-state index contributed by atoms with van der Waals surface area (Å²) in [5, 5.41) is 3.29. The van der Waals surface area contributed by atoms with E-state index in [4.69, 9.17) is 18.9 Å². The van der Waals surface area contributed by atoms with Crippen molar-refractivity contribution < 1.29 is 18.9 Å². The van der Waals surface area contributed by atoms with E-state index in [1.54, 1.807) is 0 Å². The van der Waals surface area contributed by atoms with Gasteiger partial charge in [-0.05, 0) is 5.92 Å². The maximum absolute atomic E-state index is 5.42. The van der Waals surface area contributed by atoms with Crippen molar-refractivity contribution in [2.24, 2.45) is 5.92 Å². The number of rotatable bonds is 15. The molecule has 0 atom stereocenters. The molecule has 0 unspecified atom stereocenters. The van der Waals surface area contributed by atoms with E-state index in [2.05, 4.69) is 33.0 Å². The average Bonchev–Trinajstić information content (AvgIpc) is 2.38. The molecule has 0 heterocycles. The summed E-state index contributed by atoms with van der Waals surface area (Å²) in [5.74, 6) is 0.578. The van der Waals surface area contributed by atoms with E-state index in [1.165, 1.54) is 0 Å². The van der Waals surface area contributed by atoms with Gasteiger partial charge in [-0.1, -0.05) is 27.7 Å². The van der Waals surface area contributed by atoms with Gasteiger partial charge in [-0.3, -0.25) is 0 Å². The Morgan fingerprint density at radius 2 is 1.10 bits per heavy atom. The standard InChI is InChI=1S/C15H33NO4/c1-14(2)13-20-12-11-19-10-9-18-8-7-17-6-5-16-15(3)4/h14-16H,5-13H2,1-4H3. The Labute approximate surface area is 124 Å². The molecule has 0 aliphatic carbocycles. The summed E-state index contributed by atoms with van der Waals surface area (Å²) in [6, 6.07) is 0.511. The molecular weight excluding hydrogens is 258 g/mol. The van der Waals surface area contributed by atoms with Crippen molar-refractivity contribution in [3.8, 4) is 0 Å². The number of hydrogen-bond acceptors (Lipinski definition) is 5. The summed E-state index contributed by atoms with van der Waals surface area (Å²) in [6.07, 6.45) is 0. The highest BCUT2D eigenvalue weighted by Gasteiger charge is 1.95. The van der Waals surface area contributed by atoms with Crippen molar-refractivity contribution in [2.75, 3.05) is 59.4 Å². The van der Waals surface area contributed by atoms with Crippen LogP contribution >= 0.6 is 0 Å². The molecule has 5 heteroatoms. The first-order valence-corrected chi connectivity index (χ1v) is 7.67. The van der Waals surface area contributed by atoms with Crippen LogP contribution in [0, 0.1) is 5.92 Å². The van der Waals surface area contributed by atoms with Crippen LogP contribution in [-0.4, -0.2) is 65.4 Å². The van der Waals surface area contributed by atoms with Gasteiger partial charge in [0.15, 0.2) is 0 Å². The van der Waals surface area contributed by atoms with Gasteiger partial charge in [0, 0.05) is 19.2 Å². The Bertz CT molecular complexity index is 169. The average molecular weight is 291 g/mol. The molecule has 0 fully saturated rings. The van der Waals surface area contributed by atoms with E-state index >= 15 is 0 Å². The first-order chi connectivity index (χ1) is 9.63. The minimum absolute atomic E-state index is 0.511. The third-order valence-electron chi connectivity index (χ3n) is 2.37. The summed E-state index contributed by atoms with van der Waals surface area (Å²) in [7, 11) is 0. The van der Waals surface area contributed by atoms with E-state index in [9.17, 15) is 0 Å². The largest absolute Gasteiger partial charge is 0.379 e. The molecular formula is C15H33NO4. The van der Waals surface area contributed by atoms with E-state index in [0.29, 0.717) is 51.6 Å². The zero-order chi connectivity index (χ0) is 15.1. The SMILES string of the molecule is CC(C)COCCOCCOCCOCCNC(C)C. The minimum Gasteiger partial charge on any atom is -0.379 e. The van der Waals surface area contributed by atoms with Gasteiger partial charge in [0.2, 0.25) is 0 Å². The smallest absolute Gasteiger partial charge is 0.0701 e. The second kappa shape index (κ2) is 15.2. The van der Waals surface area contributed by atoms with E-state index in [1.807, 2.05) is 0 Å². The van der Waals surface area contributed by atoms with Crippen LogP contribution in [-0.2, 0) is 18.9 Å². The highest BCUT2D eigenvalue weighted by atomic mass is 16.6. The second-order valence-electron chi connectivity index (χ2n) is 5.41. The third-order valence-corrected chi connectivity index (χ3v) is 2.37. The van der Waals surface area contributed by atoms with Crippen molar-refractivity contribution in [1.82, 2.24) is 5.32 Å². The van der Waals surface area contributed by atoms with Crippen molar-refractivity contribution in [3.05, 3.63) is 0 Å². The number of ether oxygens (including phenoxy) is 4. The fourth-order valence-corrected chi connectivity index (χ4v) is 1.40. The quantitative estimate of drug-likeness (QED) is 0.465. The first-order valence-electron chi connectivity index (χ1n) is 7.67. The van der Waals surface area contributed by atoms with Crippen LogP contribution in [0.2, 0.25) is 0 Å². The van der Waals surface area contributed by atoms with Gasteiger partial charge in [-0.2, -0.15) is 0 Å². The molecule has 0 saturated heterocycles. The third kappa shape index (κ3) is 17.8. The lowest BCUT2D eigenvalue weighted by atomic mass is 10.2. The summed E-state index contributed by atoms with van der Waals surface area (Å²) in [4.78, 5) is 0. The zero-order valence-corrected chi connectivity index (χ0v) is 13.7. The van der Waals surface area contributed by atoms with E-state index < -0.39 is 0 Å². The summed E-state index contributed by atoms with van der Waals surface area (Å²) in [5.41, 5.74) is 0. The van der Waals surface area contributed by atoms with Gasteiger partial charge in [-0.15, -0.1) is 0 Å². The maximum atomic E-state index is 5.42. The molecule has 0 aromatic rings. The lowest BCUT2D eigenvalue weighted by Crippen LogP contribution is -2.27. The summed E-state index contributed by atoms with van der Waals surface area (Å²) in [6.45, 7) is 14.7. The van der Waals surface area contributed by atoms with Crippen LogP contribution in [0.25, 0.3) is 0 Å². The van der Waals surface area contributed by atoms with Crippen molar-refractivity contribution in [1.29, 1.82) is 0 Å². The Hall–Kier alpha value is -0.200. The Kier molecular flexibility index (Phi) is 15.0. The van der Waals surface area contributed by atoms with Crippen LogP contribution in [0.15, 0.2) is 0 Å². The molecule has 0 spiro atoms. The zero-order valence-electron chi connectivity index (χ0n) is 13.7. The predicted molar refractivity (Wildman–Crippen MR) is 81.3 cm³/mol. The van der Waals surface area contributed by atoms with Crippen molar-refractivity contribution >= 4 is 0 Å². The van der Waals surface area contributed by atoms with Gasteiger partial charge in [0.05, 0.1) is 46.2 Å². The second-order valence-corrected chi connectivity index (χ2v) is 5.41. The summed E-state index contributed by atoms with van der Waals surface area (Å²) < 4.78 is 21.6. The number of nitrogens with one attached hydrogen (secondary N) is 1. The Morgan fingerprint density at radius 3 is 1.55 bits per heavy atom. The van der Waals surface area contributed by atoms with Gasteiger partial charge < -0.3 is 24.3 Å². The molecule has 0 rings (SSSR count). The lowest BCUT2D eigenvalue weighted by Gasteiger charge is -2.09. The molecule has 0 saturated carbocycles. The van der Waals surface area contributed by atoms with Crippen LogP contribution in [0.1, 0.15) is 27.7 Å². The molecule has 1 N–H and O–H groups in total. The fraction of sp³-hybridized carbons (Fsp3) is 1.00. The van der Waals surface area contributed by atoms with E-state index in [0.717, 1.165) is 19.8 Å². The Balaban J connectivity index is 2.96. The molecule has 122 valence electrons. The van der Waals surface area contributed by atoms with Crippen LogP contribution < -0.4 is 5.32 Å². The van der Waals surface area contributed by atoms with Crippen LogP contribution in [0.4, 0.5) is 0 Å². The van der Waals surface area contributed by atoms with Crippen molar-refractivity contribution in [2.45, 2.75) is 33.7 Å². The van der Waals surface area contributed by atoms with Crippen LogP contribution in [0.5, 0.6) is 0 Å². The molecule has 0 radical (unpaired) electrons. The fourth-order valence-electron chi connectivity index (χ4n) is 1.40. The molecule has 0 aromatic heterocycles. The minimum atomic E-state index is 0.511.